The number of methoxy groups -OCH3 is 1. The van der Waals surface area contributed by atoms with Crippen molar-refractivity contribution in [2.75, 3.05) is 12.8 Å². The highest BCUT2D eigenvalue weighted by Gasteiger charge is 2.14. The molecule has 2 N–H and O–H groups in total. The molecule has 2 aromatic heterocycles. The van der Waals surface area contributed by atoms with Gasteiger partial charge in [0.15, 0.2) is 0 Å². The number of nitrogen functional groups attached to an aromatic ring is 1. The number of hydrogen-bond acceptors (Lipinski definition) is 3. The van der Waals surface area contributed by atoms with Crippen LogP contribution >= 0.6 is 0 Å². The van der Waals surface area contributed by atoms with Crippen LogP contribution in [0, 0.1) is 0 Å². The average Bonchev–Trinajstić information content (AvgIpc) is 2.84. The molecule has 21 heavy (non-hydrogen) atoms. The van der Waals surface area contributed by atoms with Crippen LogP contribution < -0.4 is 10.5 Å². The summed E-state index contributed by atoms with van der Waals surface area (Å²) >= 11 is 0. The van der Waals surface area contributed by atoms with Crippen molar-refractivity contribution in [3.8, 4) is 17.0 Å². The minimum atomic E-state index is 0.373. The van der Waals surface area contributed by atoms with Gasteiger partial charge in [0, 0.05) is 11.8 Å². The van der Waals surface area contributed by atoms with E-state index in [1.165, 1.54) is 0 Å². The molecular weight excluding hydrogens is 262 g/mol. The Kier molecular flexibility index (Phi) is 3.29. The molecule has 0 amide bonds. The summed E-state index contributed by atoms with van der Waals surface area (Å²) in [6.45, 7) is 4.29. The fourth-order valence-corrected chi connectivity index (χ4v) is 2.56. The third kappa shape index (κ3) is 2.23. The van der Waals surface area contributed by atoms with Crippen molar-refractivity contribution >= 4 is 11.5 Å². The number of fused-ring (bicyclic) bond motifs is 1. The second-order valence-corrected chi connectivity index (χ2v) is 5.39. The summed E-state index contributed by atoms with van der Waals surface area (Å²) in [5, 5.41) is 0. The lowest BCUT2D eigenvalue weighted by Crippen LogP contribution is -1.97. The van der Waals surface area contributed by atoms with Gasteiger partial charge < -0.3 is 10.5 Å². The highest BCUT2D eigenvalue weighted by molar-refractivity contribution is 5.76. The molecule has 0 fully saturated rings. The smallest absolute Gasteiger partial charge is 0.139 e. The van der Waals surface area contributed by atoms with Gasteiger partial charge >= 0.3 is 0 Å². The molecule has 4 heteroatoms. The zero-order valence-electron chi connectivity index (χ0n) is 12.5. The van der Waals surface area contributed by atoms with Gasteiger partial charge in [0.1, 0.15) is 22.9 Å². The third-order valence-electron chi connectivity index (χ3n) is 3.69. The molecular formula is C17H19N3O. The lowest BCUT2D eigenvalue weighted by atomic mass is 9.98. The van der Waals surface area contributed by atoms with Gasteiger partial charge in [-0.2, -0.15) is 0 Å². The Morgan fingerprint density at radius 2 is 2.00 bits per heavy atom. The van der Waals surface area contributed by atoms with E-state index in [9.17, 15) is 0 Å². The van der Waals surface area contributed by atoms with Gasteiger partial charge in [-0.3, -0.25) is 4.40 Å². The molecule has 0 spiro atoms. The first kappa shape index (κ1) is 13.5. The van der Waals surface area contributed by atoms with Crippen molar-refractivity contribution in [3.05, 3.63) is 48.2 Å². The van der Waals surface area contributed by atoms with Crippen molar-refractivity contribution < 1.29 is 4.74 Å². The molecule has 0 radical (unpaired) electrons. The van der Waals surface area contributed by atoms with E-state index in [2.05, 4.69) is 24.9 Å². The van der Waals surface area contributed by atoms with Gasteiger partial charge in [-0.1, -0.05) is 19.9 Å². The second-order valence-electron chi connectivity index (χ2n) is 5.39. The fourth-order valence-electron chi connectivity index (χ4n) is 2.56. The van der Waals surface area contributed by atoms with Crippen LogP contribution in [0.15, 0.2) is 42.6 Å². The summed E-state index contributed by atoms with van der Waals surface area (Å²) in [6, 6.07) is 12.0. The topological polar surface area (TPSA) is 52.5 Å². The number of rotatable bonds is 3. The van der Waals surface area contributed by atoms with Crippen molar-refractivity contribution in [2.45, 2.75) is 19.8 Å². The third-order valence-corrected chi connectivity index (χ3v) is 3.69. The van der Waals surface area contributed by atoms with Gasteiger partial charge in [-0.25, -0.2) is 4.98 Å². The van der Waals surface area contributed by atoms with Crippen LogP contribution in [-0.2, 0) is 0 Å². The van der Waals surface area contributed by atoms with Gasteiger partial charge in [0.25, 0.3) is 0 Å². The Morgan fingerprint density at radius 1 is 1.19 bits per heavy atom. The van der Waals surface area contributed by atoms with E-state index in [-0.39, 0.29) is 0 Å². The van der Waals surface area contributed by atoms with Crippen molar-refractivity contribution in [3.63, 3.8) is 0 Å². The summed E-state index contributed by atoms with van der Waals surface area (Å²) in [5.41, 5.74) is 10.1. The van der Waals surface area contributed by atoms with E-state index in [1.54, 1.807) is 7.11 Å². The van der Waals surface area contributed by atoms with E-state index >= 15 is 0 Å². The Labute approximate surface area is 124 Å². The number of imidazole rings is 1. The number of aromatic nitrogens is 2. The fraction of sp³-hybridized carbons (Fsp3) is 0.235. The Balaban J connectivity index is 2.18. The summed E-state index contributed by atoms with van der Waals surface area (Å²) in [7, 11) is 1.69. The Bertz CT molecular complexity index is 790. The monoisotopic (exact) mass is 281 g/mol. The van der Waals surface area contributed by atoms with Crippen LogP contribution in [0.2, 0.25) is 0 Å². The van der Waals surface area contributed by atoms with E-state index in [1.807, 2.05) is 40.9 Å². The van der Waals surface area contributed by atoms with E-state index in [0.29, 0.717) is 11.7 Å². The van der Waals surface area contributed by atoms with Crippen LogP contribution in [-0.4, -0.2) is 16.5 Å². The predicted molar refractivity (Wildman–Crippen MR) is 85.7 cm³/mol. The zero-order valence-corrected chi connectivity index (χ0v) is 12.5. The van der Waals surface area contributed by atoms with Crippen molar-refractivity contribution in [1.82, 2.24) is 9.38 Å². The molecule has 2 heterocycles. The number of anilines is 1. The first-order valence-electron chi connectivity index (χ1n) is 7.02. The van der Waals surface area contributed by atoms with Crippen LogP contribution in [0.5, 0.6) is 5.75 Å². The molecule has 0 atom stereocenters. The van der Waals surface area contributed by atoms with Gasteiger partial charge in [-0.15, -0.1) is 0 Å². The molecule has 3 aromatic rings. The minimum Gasteiger partial charge on any atom is -0.496 e. The van der Waals surface area contributed by atoms with E-state index in [4.69, 9.17) is 10.5 Å². The normalized spacial score (nSPS) is 11.2. The van der Waals surface area contributed by atoms with Crippen LogP contribution in [0.25, 0.3) is 16.9 Å². The average molecular weight is 281 g/mol. The number of ether oxygens (including phenoxy) is 1. The van der Waals surface area contributed by atoms with Gasteiger partial charge in [-0.05, 0) is 41.8 Å². The number of pyridine rings is 1. The molecule has 0 aliphatic heterocycles. The molecule has 0 unspecified atom stereocenters. The standard InChI is InChI=1S/C17H19N3O/c1-11(2)13-10-12(7-8-14(13)21-3)16-17(18)20-9-5-4-6-15(20)19-16/h4-11H,18H2,1-3H3. The molecule has 3 rings (SSSR count). The van der Waals surface area contributed by atoms with Crippen molar-refractivity contribution in [2.24, 2.45) is 0 Å². The quantitative estimate of drug-likeness (QED) is 0.796. The largest absolute Gasteiger partial charge is 0.496 e. The van der Waals surface area contributed by atoms with Crippen molar-refractivity contribution in [1.29, 1.82) is 0 Å². The van der Waals surface area contributed by atoms with E-state index < -0.39 is 0 Å². The molecule has 0 bridgehead atoms. The first-order valence-corrected chi connectivity index (χ1v) is 7.02. The number of hydrogen-bond donors (Lipinski definition) is 1. The summed E-state index contributed by atoms with van der Waals surface area (Å²) in [6.07, 6.45) is 1.92. The number of benzene rings is 1. The molecule has 108 valence electrons. The molecule has 1 aromatic carbocycles. The molecule has 0 saturated heterocycles. The number of nitrogens with zero attached hydrogens (tertiary/aromatic N) is 2. The molecule has 4 nitrogen and oxygen atoms in total. The van der Waals surface area contributed by atoms with E-state index in [0.717, 1.165) is 28.2 Å². The Morgan fingerprint density at radius 3 is 2.67 bits per heavy atom. The molecule has 0 aliphatic rings. The molecule has 0 aliphatic carbocycles. The van der Waals surface area contributed by atoms with Crippen LogP contribution in [0.3, 0.4) is 0 Å². The Hall–Kier alpha value is -2.49. The van der Waals surface area contributed by atoms with Gasteiger partial charge in [0.2, 0.25) is 0 Å². The lowest BCUT2D eigenvalue weighted by Gasteiger charge is -2.13. The summed E-state index contributed by atoms with van der Waals surface area (Å²) in [5.74, 6) is 1.93. The second kappa shape index (κ2) is 5.13. The maximum absolute atomic E-state index is 6.24. The first-order chi connectivity index (χ1) is 10.1. The predicted octanol–water partition coefficient (Wildman–Crippen LogP) is 3.72. The summed E-state index contributed by atoms with van der Waals surface area (Å²) < 4.78 is 7.33. The zero-order chi connectivity index (χ0) is 15.0. The SMILES string of the molecule is COc1ccc(-c2nc3ccccn3c2N)cc1C(C)C. The minimum absolute atomic E-state index is 0.373. The highest BCUT2D eigenvalue weighted by atomic mass is 16.5. The maximum atomic E-state index is 6.24. The van der Waals surface area contributed by atoms with Crippen LogP contribution in [0.1, 0.15) is 25.3 Å². The summed E-state index contributed by atoms with van der Waals surface area (Å²) in [4.78, 5) is 4.64. The number of nitrogens with two attached hydrogens (primary N) is 1. The van der Waals surface area contributed by atoms with Gasteiger partial charge in [0.05, 0.1) is 7.11 Å². The lowest BCUT2D eigenvalue weighted by molar-refractivity contribution is 0.407. The van der Waals surface area contributed by atoms with Crippen LogP contribution in [0.4, 0.5) is 5.82 Å². The molecule has 0 saturated carbocycles. The highest BCUT2D eigenvalue weighted by Crippen LogP contribution is 2.33. The maximum Gasteiger partial charge on any atom is 0.139 e.